The van der Waals surface area contributed by atoms with Crippen molar-refractivity contribution in [1.29, 1.82) is 0 Å². The van der Waals surface area contributed by atoms with Crippen LogP contribution in [0.5, 0.6) is 0 Å². The van der Waals surface area contributed by atoms with E-state index in [0.29, 0.717) is 24.4 Å². The third-order valence-corrected chi connectivity index (χ3v) is 6.36. The predicted molar refractivity (Wildman–Crippen MR) is 124 cm³/mol. The number of amides is 4. The van der Waals surface area contributed by atoms with Gasteiger partial charge in [0.15, 0.2) is 0 Å². The van der Waals surface area contributed by atoms with Gasteiger partial charge in [-0.3, -0.25) is 19.5 Å². The number of urea groups is 1. The van der Waals surface area contributed by atoms with Crippen LogP contribution in [0.25, 0.3) is 0 Å². The molecular weight excluding hydrogens is 418 g/mol. The number of pyridine rings is 1. The van der Waals surface area contributed by atoms with Crippen molar-refractivity contribution in [3.05, 3.63) is 76.8 Å². The lowest BCUT2D eigenvalue weighted by atomic mass is 9.94. The van der Waals surface area contributed by atoms with E-state index in [2.05, 4.69) is 15.6 Å². The van der Waals surface area contributed by atoms with Crippen molar-refractivity contribution in [2.45, 2.75) is 45.8 Å². The molecule has 2 N–H and O–H groups in total. The zero-order valence-electron chi connectivity index (χ0n) is 19.4. The van der Waals surface area contributed by atoms with E-state index < -0.39 is 11.6 Å². The van der Waals surface area contributed by atoms with E-state index in [0.717, 1.165) is 16.7 Å². The molecule has 0 bridgehead atoms. The van der Waals surface area contributed by atoms with Crippen LogP contribution in [-0.4, -0.2) is 51.3 Å². The van der Waals surface area contributed by atoms with Crippen molar-refractivity contribution >= 4 is 17.8 Å². The molecule has 33 heavy (non-hydrogen) atoms. The number of aryl methyl sites for hydroxylation is 1. The van der Waals surface area contributed by atoms with E-state index >= 15 is 0 Å². The van der Waals surface area contributed by atoms with Crippen LogP contribution in [-0.2, 0) is 16.1 Å². The standard InChI is InChI=1S/C25H29N5O3/c1-5-29-19-15-30(25(3,4)23(32)27-14-17-7-6-12-26-13-17)22(31)20(19)21(28-24(29)33)18-10-8-16(2)9-11-18/h6-13,21H,5,14-15H2,1-4H3,(H,27,32)(H,28,33). The van der Waals surface area contributed by atoms with Crippen molar-refractivity contribution in [2.75, 3.05) is 13.1 Å². The Hall–Kier alpha value is -3.68. The summed E-state index contributed by atoms with van der Waals surface area (Å²) in [5.41, 5.74) is 2.87. The second-order valence-corrected chi connectivity index (χ2v) is 8.89. The minimum absolute atomic E-state index is 0.200. The van der Waals surface area contributed by atoms with Gasteiger partial charge in [-0.2, -0.15) is 0 Å². The molecule has 0 saturated heterocycles. The van der Waals surface area contributed by atoms with Gasteiger partial charge in [-0.15, -0.1) is 0 Å². The third-order valence-electron chi connectivity index (χ3n) is 6.36. The van der Waals surface area contributed by atoms with Crippen LogP contribution in [0.3, 0.4) is 0 Å². The van der Waals surface area contributed by atoms with Crippen LogP contribution >= 0.6 is 0 Å². The number of hydrogen-bond acceptors (Lipinski definition) is 4. The number of rotatable bonds is 6. The molecule has 0 saturated carbocycles. The molecule has 8 nitrogen and oxygen atoms in total. The summed E-state index contributed by atoms with van der Waals surface area (Å²) in [5.74, 6) is -0.510. The van der Waals surface area contributed by atoms with Crippen molar-refractivity contribution in [1.82, 2.24) is 25.4 Å². The molecule has 2 aliphatic heterocycles. The summed E-state index contributed by atoms with van der Waals surface area (Å²) in [4.78, 5) is 46.9. The first-order chi connectivity index (χ1) is 15.7. The Bertz CT molecular complexity index is 1110. The average Bonchev–Trinajstić information content (AvgIpc) is 3.16. The summed E-state index contributed by atoms with van der Waals surface area (Å²) in [6, 6.07) is 10.7. The van der Waals surface area contributed by atoms with Gasteiger partial charge in [-0.25, -0.2) is 4.79 Å². The Morgan fingerprint density at radius 2 is 1.94 bits per heavy atom. The molecule has 1 unspecified atom stereocenters. The van der Waals surface area contributed by atoms with Crippen LogP contribution in [0.15, 0.2) is 60.1 Å². The van der Waals surface area contributed by atoms with E-state index in [1.165, 1.54) is 0 Å². The summed E-state index contributed by atoms with van der Waals surface area (Å²) in [7, 11) is 0. The zero-order chi connectivity index (χ0) is 23.8. The van der Waals surface area contributed by atoms with Crippen LogP contribution in [0.1, 0.15) is 43.5 Å². The molecule has 0 fully saturated rings. The van der Waals surface area contributed by atoms with E-state index in [1.54, 1.807) is 36.0 Å². The van der Waals surface area contributed by atoms with Crippen molar-refractivity contribution in [3.8, 4) is 0 Å². The van der Waals surface area contributed by atoms with E-state index in [9.17, 15) is 14.4 Å². The van der Waals surface area contributed by atoms with Gasteiger partial charge in [0, 0.05) is 25.5 Å². The number of hydrogen-bond donors (Lipinski definition) is 2. The van der Waals surface area contributed by atoms with E-state index in [4.69, 9.17) is 0 Å². The Morgan fingerprint density at radius 1 is 1.21 bits per heavy atom. The number of carbonyl (C=O) groups is 3. The summed E-state index contributed by atoms with van der Waals surface area (Å²) in [6.45, 7) is 8.27. The van der Waals surface area contributed by atoms with E-state index in [1.807, 2.05) is 50.2 Å². The van der Waals surface area contributed by atoms with Crippen LogP contribution in [0, 0.1) is 6.92 Å². The lowest BCUT2D eigenvalue weighted by Crippen LogP contribution is -2.56. The van der Waals surface area contributed by atoms with Crippen LogP contribution < -0.4 is 10.6 Å². The zero-order valence-corrected chi connectivity index (χ0v) is 19.4. The number of likely N-dealkylation sites (N-methyl/N-ethyl adjacent to an activating group) is 1. The van der Waals surface area contributed by atoms with Crippen LogP contribution in [0.4, 0.5) is 4.79 Å². The molecule has 0 radical (unpaired) electrons. The highest BCUT2D eigenvalue weighted by atomic mass is 16.2. The van der Waals surface area contributed by atoms with Crippen molar-refractivity contribution in [3.63, 3.8) is 0 Å². The summed E-state index contributed by atoms with van der Waals surface area (Å²) >= 11 is 0. The number of carbonyl (C=O) groups excluding carboxylic acids is 3. The van der Waals surface area contributed by atoms with Gasteiger partial charge in [0.25, 0.3) is 5.91 Å². The molecule has 1 aromatic heterocycles. The highest BCUT2D eigenvalue weighted by Gasteiger charge is 2.49. The quantitative estimate of drug-likeness (QED) is 0.712. The topological polar surface area (TPSA) is 94.6 Å². The molecule has 4 rings (SSSR count). The monoisotopic (exact) mass is 447 g/mol. The second-order valence-electron chi connectivity index (χ2n) is 8.89. The highest BCUT2D eigenvalue weighted by molar-refractivity contribution is 6.04. The molecule has 8 heteroatoms. The van der Waals surface area contributed by atoms with Gasteiger partial charge in [0.1, 0.15) is 5.54 Å². The fourth-order valence-electron chi connectivity index (χ4n) is 4.31. The summed E-state index contributed by atoms with van der Waals surface area (Å²) in [5, 5.41) is 5.89. The lowest BCUT2D eigenvalue weighted by Gasteiger charge is -2.35. The number of aromatic nitrogens is 1. The molecule has 1 aromatic carbocycles. The Morgan fingerprint density at radius 3 is 2.58 bits per heavy atom. The molecule has 4 amide bonds. The molecule has 2 aromatic rings. The van der Waals surface area contributed by atoms with Gasteiger partial charge in [-0.1, -0.05) is 35.9 Å². The summed E-state index contributed by atoms with van der Waals surface area (Å²) in [6.07, 6.45) is 3.37. The highest BCUT2D eigenvalue weighted by Crippen LogP contribution is 2.38. The fourth-order valence-corrected chi connectivity index (χ4v) is 4.31. The van der Waals surface area contributed by atoms with Gasteiger partial charge in [0.2, 0.25) is 5.91 Å². The first-order valence-electron chi connectivity index (χ1n) is 11.1. The Balaban J connectivity index is 1.61. The average molecular weight is 448 g/mol. The molecule has 172 valence electrons. The number of benzene rings is 1. The predicted octanol–water partition coefficient (Wildman–Crippen LogP) is 2.67. The van der Waals surface area contributed by atoms with Gasteiger partial charge in [0.05, 0.1) is 23.9 Å². The Kier molecular flexibility index (Phi) is 5.93. The number of nitrogens with one attached hydrogen (secondary N) is 2. The minimum Gasteiger partial charge on any atom is -0.350 e. The fraction of sp³-hybridized carbons (Fsp3) is 0.360. The molecule has 3 heterocycles. The van der Waals surface area contributed by atoms with E-state index in [-0.39, 0.29) is 24.4 Å². The Labute approximate surface area is 193 Å². The number of nitrogens with zero attached hydrogens (tertiary/aromatic N) is 3. The van der Waals surface area contributed by atoms with Crippen molar-refractivity contribution < 1.29 is 14.4 Å². The first kappa shape index (κ1) is 22.5. The van der Waals surface area contributed by atoms with Gasteiger partial charge < -0.3 is 15.5 Å². The van der Waals surface area contributed by atoms with Gasteiger partial charge in [-0.05, 0) is 44.9 Å². The lowest BCUT2D eigenvalue weighted by molar-refractivity contribution is -0.141. The maximum atomic E-state index is 13.7. The maximum Gasteiger partial charge on any atom is 0.322 e. The third kappa shape index (κ3) is 4.08. The second kappa shape index (κ2) is 8.69. The molecular formula is C25H29N5O3. The first-order valence-corrected chi connectivity index (χ1v) is 11.1. The largest absolute Gasteiger partial charge is 0.350 e. The molecule has 1 atom stereocenters. The molecule has 0 spiro atoms. The van der Waals surface area contributed by atoms with Crippen LogP contribution in [0.2, 0.25) is 0 Å². The normalized spacial score (nSPS) is 18.4. The molecule has 0 aliphatic carbocycles. The molecule has 2 aliphatic rings. The SMILES string of the molecule is CCN1C(=O)NC(c2ccc(C)cc2)C2=C1CN(C(C)(C)C(=O)NCc1cccnc1)C2=O. The van der Waals surface area contributed by atoms with Crippen molar-refractivity contribution in [2.24, 2.45) is 0 Å². The maximum absolute atomic E-state index is 13.7. The minimum atomic E-state index is -1.11. The van der Waals surface area contributed by atoms with Gasteiger partial charge >= 0.3 is 6.03 Å². The summed E-state index contributed by atoms with van der Waals surface area (Å²) < 4.78 is 0. The smallest absolute Gasteiger partial charge is 0.322 e.